The zero-order valence-electron chi connectivity index (χ0n) is 6.28. The highest BCUT2D eigenvalue weighted by Crippen LogP contribution is 1.97. The monoisotopic (exact) mass is 150 g/mol. The molecule has 58 valence electrons. The van der Waals surface area contributed by atoms with E-state index in [1.54, 1.807) is 7.05 Å². The molecule has 1 aromatic heterocycles. The van der Waals surface area contributed by atoms with Gasteiger partial charge in [-0.2, -0.15) is 0 Å². The van der Waals surface area contributed by atoms with Crippen LogP contribution in [-0.4, -0.2) is 24.2 Å². The first-order valence-corrected chi connectivity index (χ1v) is 3.23. The summed E-state index contributed by atoms with van der Waals surface area (Å²) < 4.78 is 0. The van der Waals surface area contributed by atoms with E-state index in [9.17, 15) is 0 Å². The van der Waals surface area contributed by atoms with Crippen molar-refractivity contribution in [2.45, 2.75) is 0 Å². The fraction of sp³-hybridized carbons (Fsp3) is 0.143. The molecule has 1 aromatic rings. The Morgan fingerprint density at radius 2 is 2.55 bits per heavy atom. The molecule has 3 N–H and O–H groups in total. The minimum Gasteiger partial charge on any atom is -0.390 e. The molecule has 11 heavy (non-hydrogen) atoms. The van der Waals surface area contributed by atoms with Gasteiger partial charge >= 0.3 is 0 Å². The summed E-state index contributed by atoms with van der Waals surface area (Å²) in [7, 11) is 1.67. The average molecular weight is 150 g/mol. The SMILES string of the molecule is CN=C(N=CN)c1ccc[nH]1. The molecule has 0 unspecified atom stereocenters. The number of aromatic nitrogens is 1. The predicted molar refractivity (Wildman–Crippen MR) is 45.9 cm³/mol. The smallest absolute Gasteiger partial charge is 0.172 e. The largest absolute Gasteiger partial charge is 0.390 e. The van der Waals surface area contributed by atoms with E-state index in [1.807, 2.05) is 18.3 Å². The standard InChI is InChI=1S/C7H10N4/c1-9-7(11-5-8)6-3-2-4-10-6/h2-5,10H,1H3,(H2,8,9,11). The lowest BCUT2D eigenvalue weighted by Gasteiger charge is -1.92. The first-order valence-electron chi connectivity index (χ1n) is 3.23. The van der Waals surface area contributed by atoms with Crippen molar-refractivity contribution in [1.82, 2.24) is 4.98 Å². The van der Waals surface area contributed by atoms with Crippen LogP contribution in [0.15, 0.2) is 28.3 Å². The van der Waals surface area contributed by atoms with E-state index in [0.29, 0.717) is 5.84 Å². The summed E-state index contributed by atoms with van der Waals surface area (Å²) in [5.41, 5.74) is 5.99. The van der Waals surface area contributed by atoms with Crippen molar-refractivity contribution in [2.24, 2.45) is 15.7 Å². The summed E-state index contributed by atoms with van der Waals surface area (Å²) in [6.45, 7) is 0. The van der Waals surface area contributed by atoms with Crippen LogP contribution in [0.2, 0.25) is 0 Å². The Morgan fingerprint density at radius 1 is 1.73 bits per heavy atom. The molecule has 4 heteroatoms. The number of rotatable bonds is 1. The number of aliphatic imine (C=N–C) groups is 2. The molecule has 0 saturated heterocycles. The Labute approximate surface area is 64.9 Å². The highest BCUT2D eigenvalue weighted by atomic mass is 14.9. The first kappa shape index (κ1) is 7.53. The van der Waals surface area contributed by atoms with Crippen LogP contribution < -0.4 is 5.73 Å². The molecule has 0 radical (unpaired) electrons. The summed E-state index contributed by atoms with van der Waals surface area (Å²) in [5.74, 6) is 0.609. The van der Waals surface area contributed by atoms with E-state index in [-0.39, 0.29) is 0 Å². The van der Waals surface area contributed by atoms with Crippen molar-refractivity contribution >= 4 is 12.2 Å². The summed E-state index contributed by atoms with van der Waals surface area (Å²) >= 11 is 0. The third-order valence-corrected chi connectivity index (χ3v) is 1.25. The van der Waals surface area contributed by atoms with Gasteiger partial charge in [-0.1, -0.05) is 0 Å². The minimum absolute atomic E-state index is 0.609. The van der Waals surface area contributed by atoms with Crippen LogP contribution in [0.25, 0.3) is 0 Å². The van der Waals surface area contributed by atoms with Crippen LogP contribution in [-0.2, 0) is 0 Å². The number of H-pyrrole nitrogens is 1. The minimum atomic E-state index is 0.609. The highest BCUT2D eigenvalue weighted by molar-refractivity contribution is 6.01. The molecule has 0 aliphatic heterocycles. The molecular formula is C7H10N4. The summed E-state index contributed by atoms with van der Waals surface area (Å²) in [6.07, 6.45) is 3.04. The van der Waals surface area contributed by atoms with Crippen LogP contribution in [0.4, 0.5) is 0 Å². The summed E-state index contributed by atoms with van der Waals surface area (Å²) in [6, 6.07) is 3.77. The predicted octanol–water partition coefficient (Wildman–Crippen LogP) is 0.378. The number of amidine groups is 1. The number of nitrogens with two attached hydrogens (primary N) is 1. The van der Waals surface area contributed by atoms with Gasteiger partial charge in [0.25, 0.3) is 0 Å². The molecule has 0 amide bonds. The molecule has 0 spiro atoms. The molecule has 0 atom stereocenters. The molecule has 4 nitrogen and oxygen atoms in total. The second-order valence-electron chi connectivity index (χ2n) is 1.91. The maximum atomic E-state index is 5.12. The van der Waals surface area contributed by atoms with E-state index in [2.05, 4.69) is 15.0 Å². The van der Waals surface area contributed by atoms with Gasteiger partial charge in [0.2, 0.25) is 0 Å². The number of nitrogens with zero attached hydrogens (tertiary/aromatic N) is 2. The van der Waals surface area contributed by atoms with E-state index in [0.717, 1.165) is 5.69 Å². The lowest BCUT2D eigenvalue weighted by molar-refractivity contribution is 1.31. The summed E-state index contributed by atoms with van der Waals surface area (Å²) in [4.78, 5) is 10.8. The second-order valence-corrected chi connectivity index (χ2v) is 1.91. The number of hydrogen-bond acceptors (Lipinski definition) is 1. The van der Waals surface area contributed by atoms with Gasteiger partial charge in [0.1, 0.15) is 0 Å². The van der Waals surface area contributed by atoms with Crippen LogP contribution in [0, 0.1) is 0 Å². The molecule has 0 fully saturated rings. The Morgan fingerprint density at radius 3 is 3.00 bits per heavy atom. The van der Waals surface area contributed by atoms with E-state index < -0.39 is 0 Å². The number of aromatic amines is 1. The van der Waals surface area contributed by atoms with Gasteiger partial charge in [0.15, 0.2) is 5.84 Å². The van der Waals surface area contributed by atoms with E-state index in [4.69, 9.17) is 5.73 Å². The molecule has 1 heterocycles. The van der Waals surface area contributed by atoms with Crippen LogP contribution in [0.1, 0.15) is 5.69 Å². The van der Waals surface area contributed by atoms with Gasteiger partial charge < -0.3 is 10.7 Å². The van der Waals surface area contributed by atoms with Crippen LogP contribution in [0.5, 0.6) is 0 Å². The van der Waals surface area contributed by atoms with Gasteiger partial charge in [-0.05, 0) is 12.1 Å². The second kappa shape index (κ2) is 3.55. The van der Waals surface area contributed by atoms with Crippen molar-refractivity contribution in [3.05, 3.63) is 24.0 Å². The topological polar surface area (TPSA) is 66.5 Å². The number of hydrogen-bond donors (Lipinski definition) is 2. The summed E-state index contributed by atoms with van der Waals surface area (Å²) in [5, 5.41) is 0. The fourth-order valence-electron chi connectivity index (χ4n) is 0.788. The Bertz CT molecular complexity index is 258. The highest BCUT2D eigenvalue weighted by Gasteiger charge is 1.97. The maximum Gasteiger partial charge on any atom is 0.172 e. The Kier molecular flexibility index (Phi) is 2.43. The lowest BCUT2D eigenvalue weighted by Crippen LogP contribution is -2.00. The van der Waals surface area contributed by atoms with Gasteiger partial charge in [-0.25, -0.2) is 4.99 Å². The third-order valence-electron chi connectivity index (χ3n) is 1.25. The number of nitrogens with one attached hydrogen (secondary N) is 1. The van der Waals surface area contributed by atoms with Crippen molar-refractivity contribution in [1.29, 1.82) is 0 Å². The Balaban J connectivity index is 2.89. The fourth-order valence-corrected chi connectivity index (χ4v) is 0.788. The van der Waals surface area contributed by atoms with E-state index in [1.165, 1.54) is 6.34 Å². The third kappa shape index (κ3) is 1.67. The lowest BCUT2D eigenvalue weighted by atomic mass is 10.4. The molecular weight excluding hydrogens is 140 g/mol. The van der Waals surface area contributed by atoms with Gasteiger partial charge in [-0.3, -0.25) is 4.99 Å². The Hall–Kier alpha value is -1.58. The molecule has 0 saturated carbocycles. The maximum absolute atomic E-state index is 5.12. The van der Waals surface area contributed by atoms with Gasteiger partial charge in [0, 0.05) is 13.2 Å². The molecule has 0 bridgehead atoms. The average Bonchev–Trinajstić information content (AvgIpc) is 2.52. The van der Waals surface area contributed by atoms with E-state index >= 15 is 0 Å². The first-order chi connectivity index (χ1) is 5.38. The zero-order valence-corrected chi connectivity index (χ0v) is 6.28. The molecule has 0 aliphatic carbocycles. The van der Waals surface area contributed by atoms with Crippen molar-refractivity contribution in [3.8, 4) is 0 Å². The van der Waals surface area contributed by atoms with Crippen LogP contribution in [0.3, 0.4) is 0 Å². The normalized spacial score (nSPS) is 12.6. The van der Waals surface area contributed by atoms with Crippen molar-refractivity contribution in [2.75, 3.05) is 7.05 Å². The van der Waals surface area contributed by atoms with Crippen LogP contribution >= 0.6 is 0 Å². The molecule has 1 rings (SSSR count). The molecule has 0 aromatic carbocycles. The van der Waals surface area contributed by atoms with Gasteiger partial charge in [-0.15, -0.1) is 0 Å². The van der Waals surface area contributed by atoms with Crippen molar-refractivity contribution in [3.63, 3.8) is 0 Å². The van der Waals surface area contributed by atoms with Gasteiger partial charge in [0.05, 0.1) is 12.0 Å². The zero-order chi connectivity index (χ0) is 8.10. The quantitative estimate of drug-likeness (QED) is 0.441. The van der Waals surface area contributed by atoms with Crippen molar-refractivity contribution < 1.29 is 0 Å². The molecule has 0 aliphatic rings.